The number of piperazine rings is 1. The van der Waals surface area contributed by atoms with Gasteiger partial charge in [0, 0.05) is 31.7 Å². The van der Waals surface area contributed by atoms with E-state index in [-0.39, 0.29) is 0 Å². The summed E-state index contributed by atoms with van der Waals surface area (Å²) in [4.78, 5) is 2.74. The fourth-order valence-corrected chi connectivity index (χ4v) is 3.43. The molecule has 0 aromatic carbocycles. The second-order valence-corrected chi connectivity index (χ2v) is 5.95. The molecule has 1 aliphatic heterocycles. The topological polar surface area (TPSA) is 15.3 Å². The summed E-state index contributed by atoms with van der Waals surface area (Å²) >= 11 is 0. The van der Waals surface area contributed by atoms with E-state index >= 15 is 0 Å². The molecule has 0 amide bonds. The summed E-state index contributed by atoms with van der Waals surface area (Å²) in [6.45, 7) is 5.25. The zero-order valence-electron chi connectivity index (χ0n) is 9.80. The zero-order chi connectivity index (χ0) is 10.1. The Labute approximate surface area is 93.4 Å². The highest BCUT2D eigenvalue weighted by atomic mass is 15.2. The number of rotatable bonds is 2. The molecule has 1 saturated heterocycles. The van der Waals surface area contributed by atoms with E-state index < -0.39 is 0 Å². The van der Waals surface area contributed by atoms with Crippen LogP contribution in [-0.2, 0) is 0 Å². The first-order valence-corrected chi connectivity index (χ1v) is 6.84. The highest BCUT2D eigenvalue weighted by Crippen LogP contribution is 2.34. The maximum absolute atomic E-state index is 3.82. The average Bonchev–Trinajstić information content (AvgIpc) is 3.03. The molecule has 0 unspecified atom stereocenters. The van der Waals surface area contributed by atoms with Crippen LogP contribution < -0.4 is 5.32 Å². The standard InChI is InChI=1S/C13H24N2/c1-2-6-13(7-3-1)11-15(9-8-14-13)10-12-4-5-12/h12,14H,1-11H2. The van der Waals surface area contributed by atoms with Crippen LogP contribution in [0.1, 0.15) is 44.9 Å². The molecule has 0 aromatic heterocycles. The SMILES string of the molecule is C1CCC2(CC1)CN(CC1CC1)CCN2. The van der Waals surface area contributed by atoms with Gasteiger partial charge < -0.3 is 5.32 Å². The molecule has 2 heteroatoms. The molecule has 15 heavy (non-hydrogen) atoms. The van der Waals surface area contributed by atoms with E-state index in [0.29, 0.717) is 5.54 Å². The van der Waals surface area contributed by atoms with Crippen molar-refractivity contribution < 1.29 is 0 Å². The molecule has 3 aliphatic rings. The van der Waals surface area contributed by atoms with Gasteiger partial charge in [-0.3, -0.25) is 4.90 Å². The minimum atomic E-state index is 0.519. The number of hydrogen-bond acceptors (Lipinski definition) is 2. The Morgan fingerprint density at radius 3 is 2.67 bits per heavy atom. The summed E-state index contributed by atoms with van der Waals surface area (Å²) in [5.41, 5.74) is 0.519. The van der Waals surface area contributed by atoms with E-state index in [1.807, 2.05) is 0 Å². The van der Waals surface area contributed by atoms with Crippen molar-refractivity contribution in [3.63, 3.8) is 0 Å². The van der Waals surface area contributed by atoms with Crippen LogP contribution in [0, 0.1) is 5.92 Å². The summed E-state index contributed by atoms with van der Waals surface area (Å²) in [5, 5.41) is 3.82. The van der Waals surface area contributed by atoms with E-state index in [2.05, 4.69) is 10.2 Å². The summed E-state index contributed by atoms with van der Waals surface area (Å²) in [5.74, 6) is 1.06. The highest BCUT2D eigenvalue weighted by Gasteiger charge is 2.37. The maximum Gasteiger partial charge on any atom is 0.0309 e. The Kier molecular flexibility index (Phi) is 2.73. The Morgan fingerprint density at radius 1 is 1.13 bits per heavy atom. The molecular weight excluding hydrogens is 184 g/mol. The van der Waals surface area contributed by atoms with E-state index in [9.17, 15) is 0 Å². The van der Waals surface area contributed by atoms with Gasteiger partial charge in [0.1, 0.15) is 0 Å². The monoisotopic (exact) mass is 208 g/mol. The molecule has 86 valence electrons. The third-order valence-electron chi connectivity index (χ3n) is 4.48. The van der Waals surface area contributed by atoms with E-state index in [4.69, 9.17) is 0 Å². The van der Waals surface area contributed by atoms with Gasteiger partial charge in [0.2, 0.25) is 0 Å². The second-order valence-electron chi connectivity index (χ2n) is 5.95. The minimum absolute atomic E-state index is 0.519. The Bertz CT molecular complexity index is 211. The van der Waals surface area contributed by atoms with E-state index in [0.717, 1.165) is 5.92 Å². The Hall–Kier alpha value is -0.0800. The fraction of sp³-hybridized carbons (Fsp3) is 1.00. The lowest BCUT2D eigenvalue weighted by Gasteiger charge is -2.46. The lowest BCUT2D eigenvalue weighted by Crippen LogP contribution is -2.61. The predicted molar refractivity (Wildman–Crippen MR) is 63.0 cm³/mol. The highest BCUT2D eigenvalue weighted by molar-refractivity contribution is 4.97. The molecular formula is C13H24N2. The second kappa shape index (κ2) is 4.06. The molecule has 0 aromatic rings. The van der Waals surface area contributed by atoms with Crippen LogP contribution in [-0.4, -0.2) is 36.6 Å². The molecule has 1 N–H and O–H groups in total. The predicted octanol–water partition coefficient (Wildman–Crippen LogP) is 2.00. The van der Waals surface area contributed by atoms with Crippen molar-refractivity contribution in [2.24, 2.45) is 5.92 Å². The van der Waals surface area contributed by atoms with Crippen molar-refractivity contribution in [1.29, 1.82) is 0 Å². The first-order valence-electron chi connectivity index (χ1n) is 6.84. The van der Waals surface area contributed by atoms with Gasteiger partial charge in [0.15, 0.2) is 0 Å². The van der Waals surface area contributed by atoms with Crippen LogP contribution in [0.5, 0.6) is 0 Å². The van der Waals surface area contributed by atoms with Crippen LogP contribution >= 0.6 is 0 Å². The molecule has 0 atom stereocenters. The quantitative estimate of drug-likeness (QED) is 0.747. The van der Waals surface area contributed by atoms with Crippen LogP contribution in [0.25, 0.3) is 0 Å². The first-order chi connectivity index (χ1) is 7.36. The van der Waals surface area contributed by atoms with Crippen LogP contribution in [0.2, 0.25) is 0 Å². The zero-order valence-corrected chi connectivity index (χ0v) is 9.80. The van der Waals surface area contributed by atoms with Crippen LogP contribution in [0.4, 0.5) is 0 Å². The molecule has 2 aliphatic carbocycles. The molecule has 2 saturated carbocycles. The van der Waals surface area contributed by atoms with Gasteiger partial charge in [-0.1, -0.05) is 19.3 Å². The lowest BCUT2D eigenvalue weighted by molar-refractivity contribution is 0.0961. The van der Waals surface area contributed by atoms with Gasteiger partial charge in [-0.05, 0) is 31.6 Å². The molecule has 1 heterocycles. The van der Waals surface area contributed by atoms with Crippen molar-refractivity contribution in [2.75, 3.05) is 26.2 Å². The van der Waals surface area contributed by atoms with Crippen LogP contribution in [0.3, 0.4) is 0 Å². The molecule has 0 bridgehead atoms. The van der Waals surface area contributed by atoms with Gasteiger partial charge in [-0.2, -0.15) is 0 Å². The first kappa shape index (κ1) is 10.1. The van der Waals surface area contributed by atoms with Gasteiger partial charge in [-0.15, -0.1) is 0 Å². The third-order valence-corrected chi connectivity index (χ3v) is 4.48. The van der Waals surface area contributed by atoms with Crippen molar-refractivity contribution in [3.05, 3.63) is 0 Å². The van der Waals surface area contributed by atoms with Crippen molar-refractivity contribution in [2.45, 2.75) is 50.5 Å². The summed E-state index contributed by atoms with van der Waals surface area (Å²) in [6, 6.07) is 0. The molecule has 3 rings (SSSR count). The van der Waals surface area contributed by atoms with Crippen molar-refractivity contribution in [3.8, 4) is 0 Å². The largest absolute Gasteiger partial charge is 0.309 e. The summed E-state index contributed by atoms with van der Waals surface area (Å²) in [7, 11) is 0. The number of hydrogen-bond donors (Lipinski definition) is 1. The smallest absolute Gasteiger partial charge is 0.0309 e. The molecule has 2 nitrogen and oxygen atoms in total. The normalized spacial score (nSPS) is 32.0. The summed E-state index contributed by atoms with van der Waals surface area (Å²) < 4.78 is 0. The van der Waals surface area contributed by atoms with Gasteiger partial charge >= 0.3 is 0 Å². The third kappa shape index (κ3) is 2.36. The molecule has 1 spiro atoms. The molecule has 0 radical (unpaired) electrons. The minimum Gasteiger partial charge on any atom is -0.309 e. The number of nitrogens with zero attached hydrogens (tertiary/aromatic N) is 1. The van der Waals surface area contributed by atoms with Gasteiger partial charge in [-0.25, -0.2) is 0 Å². The average molecular weight is 208 g/mol. The van der Waals surface area contributed by atoms with Crippen molar-refractivity contribution in [1.82, 2.24) is 10.2 Å². The van der Waals surface area contributed by atoms with Gasteiger partial charge in [0.25, 0.3) is 0 Å². The Balaban J connectivity index is 1.58. The fourth-order valence-electron chi connectivity index (χ4n) is 3.43. The lowest BCUT2D eigenvalue weighted by atomic mass is 9.80. The van der Waals surface area contributed by atoms with Crippen molar-refractivity contribution >= 4 is 0 Å². The van der Waals surface area contributed by atoms with E-state index in [1.54, 1.807) is 0 Å². The summed E-state index contributed by atoms with van der Waals surface area (Å²) in [6.07, 6.45) is 10.2. The van der Waals surface area contributed by atoms with Gasteiger partial charge in [0.05, 0.1) is 0 Å². The van der Waals surface area contributed by atoms with Crippen LogP contribution in [0.15, 0.2) is 0 Å². The maximum atomic E-state index is 3.82. The Morgan fingerprint density at radius 2 is 1.93 bits per heavy atom. The molecule has 3 fully saturated rings. The van der Waals surface area contributed by atoms with E-state index in [1.165, 1.54) is 71.1 Å². The number of nitrogens with one attached hydrogen (secondary N) is 1.